The molecular formula is C25H35N3O6. The first-order valence-electron chi connectivity index (χ1n) is 11.3. The van der Waals surface area contributed by atoms with E-state index in [0.717, 1.165) is 22.6 Å². The molecule has 0 aromatic heterocycles. The fourth-order valence-electron chi connectivity index (χ4n) is 4.35. The third kappa shape index (κ3) is 6.68. The normalized spacial score (nSPS) is 23.0. The van der Waals surface area contributed by atoms with Crippen molar-refractivity contribution in [3.05, 3.63) is 59.7 Å². The summed E-state index contributed by atoms with van der Waals surface area (Å²) in [6.07, 6.45) is -2.35. The van der Waals surface area contributed by atoms with Crippen molar-refractivity contribution >= 4 is 5.91 Å². The smallest absolute Gasteiger partial charge is 0.217 e. The number of amides is 1. The number of hydrogen-bond acceptors (Lipinski definition) is 8. The maximum absolute atomic E-state index is 11.6. The number of hydrogen-bond donors (Lipinski definition) is 4. The summed E-state index contributed by atoms with van der Waals surface area (Å²) in [6.45, 7) is 2.97. The van der Waals surface area contributed by atoms with Crippen LogP contribution in [0, 0.1) is 0 Å². The molecule has 1 heterocycles. The third-order valence-electron chi connectivity index (χ3n) is 6.14. The molecule has 0 radical (unpaired) electrons. The van der Waals surface area contributed by atoms with E-state index in [4.69, 9.17) is 9.47 Å². The van der Waals surface area contributed by atoms with Gasteiger partial charge in [0.2, 0.25) is 5.91 Å². The second-order valence-electron chi connectivity index (χ2n) is 8.63. The van der Waals surface area contributed by atoms with Gasteiger partial charge in [0, 0.05) is 26.6 Å². The third-order valence-corrected chi connectivity index (χ3v) is 6.14. The van der Waals surface area contributed by atoms with Gasteiger partial charge in [0.1, 0.15) is 17.6 Å². The molecule has 3 rings (SSSR count). The summed E-state index contributed by atoms with van der Waals surface area (Å²) < 4.78 is 10.5. The molecule has 0 aliphatic carbocycles. The molecule has 4 atom stereocenters. The zero-order valence-electron chi connectivity index (χ0n) is 19.9. The number of benzene rings is 2. The molecule has 1 aliphatic rings. The summed E-state index contributed by atoms with van der Waals surface area (Å²) in [5.74, 6) is 1.26. The molecule has 4 N–H and O–H groups in total. The number of aliphatic hydroxyl groups is 3. The minimum absolute atomic E-state index is 0.285. The van der Waals surface area contributed by atoms with Crippen molar-refractivity contribution in [2.24, 2.45) is 0 Å². The summed E-state index contributed by atoms with van der Waals surface area (Å²) in [6, 6.07) is 14.3. The Hall–Kier alpha value is -2.69. The molecule has 1 fully saturated rings. The van der Waals surface area contributed by atoms with Gasteiger partial charge in [-0.15, -0.1) is 0 Å². The van der Waals surface area contributed by atoms with E-state index in [-0.39, 0.29) is 12.5 Å². The minimum atomic E-state index is -1.19. The second-order valence-corrected chi connectivity index (χ2v) is 8.63. The van der Waals surface area contributed by atoms with Crippen molar-refractivity contribution in [1.29, 1.82) is 0 Å². The van der Waals surface area contributed by atoms with Gasteiger partial charge in [-0.1, -0.05) is 24.3 Å². The Kier molecular flexibility index (Phi) is 9.26. The molecule has 2 aromatic rings. The van der Waals surface area contributed by atoms with Crippen LogP contribution < -0.4 is 14.8 Å². The summed E-state index contributed by atoms with van der Waals surface area (Å²) in [7, 11) is 3.25. The molecule has 34 heavy (non-hydrogen) atoms. The van der Waals surface area contributed by atoms with Crippen LogP contribution in [0.1, 0.15) is 18.1 Å². The van der Waals surface area contributed by atoms with Crippen LogP contribution in [-0.4, -0.2) is 89.4 Å². The number of ether oxygens (including phenoxy) is 2. The van der Waals surface area contributed by atoms with Crippen molar-refractivity contribution in [2.75, 3.05) is 34.0 Å². The number of carbonyl (C=O) groups excluding carboxylic acids is 1. The van der Waals surface area contributed by atoms with Gasteiger partial charge in [-0.25, -0.2) is 0 Å². The van der Waals surface area contributed by atoms with Gasteiger partial charge in [-0.2, -0.15) is 0 Å². The van der Waals surface area contributed by atoms with E-state index in [2.05, 4.69) is 10.2 Å². The number of nitrogens with one attached hydrogen (secondary N) is 1. The Balaban J connectivity index is 1.82. The molecule has 186 valence electrons. The van der Waals surface area contributed by atoms with Crippen LogP contribution in [0.4, 0.5) is 0 Å². The lowest BCUT2D eigenvalue weighted by molar-refractivity contribution is -0.132. The Labute approximate surface area is 200 Å². The summed E-state index contributed by atoms with van der Waals surface area (Å²) >= 11 is 0. The minimum Gasteiger partial charge on any atom is -0.497 e. The Bertz CT molecular complexity index is 858. The predicted molar refractivity (Wildman–Crippen MR) is 127 cm³/mol. The zero-order valence-corrected chi connectivity index (χ0v) is 19.9. The zero-order chi connectivity index (χ0) is 24.7. The van der Waals surface area contributed by atoms with Crippen molar-refractivity contribution in [1.82, 2.24) is 15.1 Å². The first-order chi connectivity index (χ1) is 16.3. The topological polar surface area (TPSA) is 115 Å². The highest BCUT2D eigenvalue weighted by Gasteiger charge is 2.42. The van der Waals surface area contributed by atoms with Crippen molar-refractivity contribution in [3.63, 3.8) is 0 Å². The molecule has 1 saturated heterocycles. The molecule has 2 aromatic carbocycles. The molecule has 0 spiro atoms. The fraction of sp³-hybridized carbons (Fsp3) is 0.480. The average molecular weight is 474 g/mol. The molecule has 9 nitrogen and oxygen atoms in total. The lowest BCUT2D eigenvalue weighted by atomic mass is 9.92. The van der Waals surface area contributed by atoms with Gasteiger partial charge in [-0.3, -0.25) is 14.6 Å². The summed E-state index contributed by atoms with van der Waals surface area (Å²) in [4.78, 5) is 15.7. The highest BCUT2D eigenvalue weighted by atomic mass is 16.5. The maximum Gasteiger partial charge on any atom is 0.217 e. The maximum atomic E-state index is 11.6. The summed E-state index contributed by atoms with van der Waals surface area (Å²) in [5.41, 5.74) is 2.15. The van der Waals surface area contributed by atoms with Crippen molar-refractivity contribution in [3.8, 4) is 11.5 Å². The standard InChI is InChI=1S/C25H35N3O6/c1-17(30)26-22-14-28(23(15-29)25(32)24(22)31)16-27(12-18-4-8-20(33-2)9-5-18)13-19-6-10-21(34-3)11-7-19/h4-11,22-25,29,31-32H,12-16H2,1-3H3,(H,26,30)/t22?,23?,24-,25-/m1/s1. The molecular weight excluding hydrogens is 438 g/mol. The molecule has 9 heteroatoms. The molecule has 0 bridgehead atoms. The van der Waals surface area contributed by atoms with Gasteiger partial charge in [0.15, 0.2) is 0 Å². The van der Waals surface area contributed by atoms with Crippen LogP contribution in [0.2, 0.25) is 0 Å². The average Bonchev–Trinajstić information content (AvgIpc) is 2.83. The number of piperidine rings is 1. The van der Waals surface area contributed by atoms with Crippen molar-refractivity contribution < 1.29 is 29.6 Å². The number of aliphatic hydroxyl groups excluding tert-OH is 3. The largest absolute Gasteiger partial charge is 0.497 e. The first-order valence-corrected chi connectivity index (χ1v) is 11.3. The second kappa shape index (κ2) is 12.1. The fourth-order valence-corrected chi connectivity index (χ4v) is 4.35. The highest BCUT2D eigenvalue weighted by molar-refractivity contribution is 5.73. The van der Waals surface area contributed by atoms with E-state index in [9.17, 15) is 20.1 Å². The van der Waals surface area contributed by atoms with Crippen LogP contribution in [0.25, 0.3) is 0 Å². The summed E-state index contributed by atoms with van der Waals surface area (Å²) in [5, 5.41) is 33.8. The van der Waals surface area contributed by atoms with Gasteiger partial charge >= 0.3 is 0 Å². The predicted octanol–water partition coefficient (Wildman–Crippen LogP) is 0.567. The lowest BCUT2D eigenvalue weighted by Crippen LogP contribution is -2.67. The van der Waals surface area contributed by atoms with Gasteiger partial charge < -0.3 is 30.1 Å². The van der Waals surface area contributed by atoms with E-state index in [0.29, 0.717) is 26.3 Å². The highest BCUT2D eigenvalue weighted by Crippen LogP contribution is 2.22. The molecule has 0 saturated carbocycles. The van der Waals surface area contributed by atoms with Gasteiger partial charge in [0.05, 0.1) is 45.7 Å². The van der Waals surface area contributed by atoms with Crippen LogP contribution in [0.5, 0.6) is 11.5 Å². The van der Waals surface area contributed by atoms with Crippen LogP contribution in [-0.2, 0) is 17.9 Å². The van der Waals surface area contributed by atoms with Crippen molar-refractivity contribution in [2.45, 2.75) is 44.3 Å². The van der Waals surface area contributed by atoms with Gasteiger partial charge in [0.25, 0.3) is 0 Å². The Morgan fingerprint density at radius 3 is 1.88 bits per heavy atom. The van der Waals surface area contributed by atoms with E-state index in [1.165, 1.54) is 6.92 Å². The monoisotopic (exact) mass is 473 g/mol. The molecule has 1 amide bonds. The number of carbonyl (C=O) groups is 1. The van der Waals surface area contributed by atoms with E-state index in [1.807, 2.05) is 53.4 Å². The Morgan fingerprint density at radius 1 is 0.971 bits per heavy atom. The number of methoxy groups -OCH3 is 2. The van der Waals surface area contributed by atoms with Crippen LogP contribution >= 0.6 is 0 Å². The van der Waals surface area contributed by atoms with E-state index < -0.39 is 24.3 Å². The Morgan fingerprint density at radius 2 is 1.47 bits per heavy atom. The SMILES string of the molecule is COc1ccc(CN(Cc2ccc(OC)cc2)CN2CC(NC(C)=O)[C@@H](O)[C@H](O)C2CO)cc1. The lowest BCUT2D eigenvalue weighted by Gasteiger charge is -2.46. The number of likely N-dealkylation sites (tertiary alicyclic amines) is 1. The number of rotatable bonds is 10. The number of nitrogens with zero attached hydrogens (tertiary/aromatic N) is 2. The van der Waals surface area contributed by atoms with Gasteiger partial charge in [-0.05, 0) is 35.4 Å². The quantitative estimate of drug-likeness (QED) is 0.396. The first kappa shape index (κ1) is 25.9. The van der Waals surface area contributed by atoms with Crippen LogP contribution in [0.3, 0.4) is 0 Å². The van der Waals surface area contributed by atoms with Crippen LogP contribution in [0.15, 0.2) is 48.5 Å². The van der Waals surface area contributed by atoms with E-state index in [1.54, 1.807) is 14.2 Å². The molecule has 2 unspecified atom stereocenters. The molecule has 1 aliphatic heterocycles. The van der Waals surface area contributed by atoms with E-state index >= 15 is 0 Å².